The van der Waals surface area contributed by atoms with Gasteiger partial charge in [-0.05, 0) is 0 Å². The monoisotopic (exact) mass is 555 g/mol. The lowest BCUT2D eigenvalue weighted by Gasteiger charge is -2.26. The maximum atomic E-state index is 12.2. The number of imidazole rings is 1. The molecule has 2 aromatic heterocycles. The molecule has 6 rings (SSSR count). The van der Waals surface area contributed by atoms with Crippen molar-refractivity contribution in [2.45, 2.75) is 49.1 Å². The molecular formula is C16H23N5O13P2. The van der Waals surface area contributed by atoms with E-state index in [0.717, 1.165) is 0 Å². The van der Waals surface area contributed by atoms with Crippen LogP contribution < -0.4 is 15.2 Å². The average Bonchev–Trinajstić information content (AvgIpc) is 3.45. The summed E-state index contributed by atoms with van der Waals surface area (Å²) >= 11 is 0. The Balaban J connectivity index is 1.58. The van der Waals surface area contributed by atoms with E-state index in [1.807, 2.05) is 0 Å². The van der Waals surface area contributed by atoms with Crippen LogP contribution in [0.2, 0.25) is 0 Å². The van der Waals surface area contributed by atoms with Gasteiger partial charge in [-0.2, -0.15) is 0 Å². The predicted octanol–water partition coefficient (Wildman–Crippen LogP) is -3.17. The van der Waals surface area contributed by atoms with Crippen molar-refractivity contribution in [2.75, 3.05) is 26.1 Å². The molecule has 0 aromatic carbocycles. The molecule has 0 saturated carbocycles. The van der Waals surface area contributed by atoms with Crippen molar-refractivity contribution in [1.82, 2.24) is 14.5 Å². The predicted molar refractivity (Wildman–Crippen MR) is 109 cm³/mol. The number of anilines is 1. The normalized spacial score (nSPS) is 43.7. The molecule has 20 heteroatoms. The second-order valence-electron chi connectivity index (χ2n) is 8.25. The van der Waals surface area contributed by atoms with E-state index < -0.39 is 77.9 Å². The molecule has 2 fully saturated rings. The second-order valence-corrected chi connectivity index (χ2v) is 11.3. The van der Waals surface area contributed by atoms with Crippen molar-refractivity contribution < 1.29 is 66.4 Å². The molecule has 200 valence electrons. The molecule has 2 unspecified atom stereocenters. The zero-order chi connectivity index (χ0) is 26.0. The molecular weight excluding hydrogens is 532 g/mol. The Morgan fingerprint density at radius 1 is 1.14 bits per heavy atom. The van der Waals surface area contributed by atoms with Gasteiger partial charge in [-0.25, -0.2) is 18.4 Å². The van der Waals surface area contributed by atoms with E-state index in [-0.39, 0.29) is 17.0 Å². The van der Waals surface area contributed by atoms with Gasteiger partial charge in [-0.3, -0.25) is 13.7 Å². The molecule has 8 bridgehead atoms. The number of fused-ring (bicyclic) bond motifs is 7. The fraction of sp³-hybridized carbons (Fsp3) is 0.688. The summed E-state index contributed by atoms with van der Waals surface area (Å²) in [6.45, 7) is -1.66. The van der Waals surface area contributed by atoms with Gasteiger partial charge >= 0.3 is 7.82 Å². The van der Waals surface area contributed by atoms with Crippen molar-refractivity contribution >= 4 is 32.6 Å². The van der Waals surface area contributed by atoms with Crippen molar-refractivity contribution in [3.8, 4) is 0 Å². The minimum absolute atomic E-state index is 0.0240. The van der Waals surface area contributed by atoms with E-state index in [4.69, 9.17) is 24.5 Å². The molecule has 0 spiro atoms. The van der Waals surface area contributed by atoms with E-state index in [1.54, 1.807) is 0 Å². The first-order chi connectivity index (χ1) is 16.9. The summed E-state index contributed by atoms with van der Waals surface area (Å²) in [5.41, 5.74) is 6.59. The number of phosphoric ester groups is 2. The topological polar surface area (TPSA) is 254 Å². The third-order valence-corrected chi connectivity index (χ3v) is 8.63. The maximum Gasteiger partial charge on any atom is 0.478 e. The number of rotatable bonds is 1. The van der Waals surface area contributed by atoms with Gasteiger partial charge in [0.15, 0.2) is 11.7 Å². The van der Waals surface area contributed by atoms with Gasteiger partial charge in [-0.15, -0.1) is 0 Å². The van der Waals surface area contributed by atoms with E-state index in [2.05, 4.69) is 18.8 Å². The Kier molecular flexibility index (Phi) is 6.70. The van der Waals surface area contributed by atoms with E-state index >= 15 is 0 Å². The van der Waals surface area contributed by atoms with Crippen LogP contribution in [0.15, 0.2) is 12.7 Å². The average molecular weight is 555 g/mol. The Bertz CT molecular complexity index is 1250. The fourth-order valence-corrected chi connectivity index (χ4v) is 6.34. The van der Waals surface area contributed by atoms with E-state index in [0.29, 0.717) is 0 Å². The highest BCUT2D eigenvalue weighted by Crippen LogP contribution is 2.58. The molecule has 4 aliphatic rings. The number of aliphatic hydroxyl groups is 3. The highest BCUT2D eigenvalue weighted by atomic mass is 31.3. The molecule has 6 N–H and O–H groups in total. The largest absolute Gasteiger partial charge is 0.756 e. The zero-order valence-electron chi connectivity index (χ0n) is 18.4. The smallest absolute Gasteiger partial charge is 0.478 e. The molecule has 36 heavy (non-hydrogen) atoms. The summed E-state index contributed by atoms with van der Waals surface area (Å²) in [4.78, 5) is 30.5. The van der Waals surface area contributed by atoms with Crippen LogP contribution in [0.5, 0.6) is 0 Å². The lowest BCUT2D eigenvalue weighted by Crippen LogP contribution is -2.48. The number of aliphatic hydroxyl groups excluding tert-OH is 3. The number of nitrogens with two attached hydrogens (primary N) is 1. The quantitative estimate of drug-likeness (QED) is 0.172. The molecule has 0 amide bonds. The van der Waals surface area contributed by atoms with Crippen LogP contribution in [0, 0.1) is 0 Å². The lowest BCUT2D eigenvalue weighted by molar-refractivity contribution is -0.755. The van der Waals surface area contributed by atoms with Crippen LogP contribution in [-0.2, 0) is 36.7 Å². The molecule has 0 aliphatic carbocycles. The third kappa shape index (κ3) is 4.48. The summed E-state index contributed by atoms with van der Waals surface area (Å²) in [5.74, 6) is -0.0240. The van der Waals surface area contributed by atoms with Gasteiger partial charge < -0.3 is 49.6 Å². The first-order valence-corrected chi connectivity index (χ1v) is 13.4. The lowest BCUT2D eigenvalue weighted by atomic mass is 10.1. The molecule has 6 heterocycles. The SMILES string of the molecule is CO[C@@H]1[C@H](O)[C@H]2COP(=O)(O)OP(=O)([O-])OC[C@H]3O[C@H]([C@H](O)[C@@H]3O)[n+]3cnc4c(ncn4[C@@H]1O2)c3N. The Labute approximate surface area is 201 Å². The first-order valence-electron chi connectivity index (χ1n) is 10.5. The standard InChI is InChI=1S/C16H23N5O13P2/c1-29-12-10(23)7-3-31-36(27,28)34-35(25,26)30-2-6-9(22)11(24)15(32-6)20-5-19-14-8(13(20)17)18-4-21(14)16(12)33-7/h4-7,9-12,15-17,22-24H,2-3H2,1H3,(H2,25,26,27,28)/t6-,7-,9-,10-,11-,12-,15-,16-/m1/s1. The van der Waals surface area contributed by atoms with Gasteiger partial charge in [-0.1, -0.05) is 4.98 Å². The number of hydrogen-bond donors (Lipinski definition) is 5. The number of aromatic nitrogens is 4. The Morgan fingerprint density at radius 3 is 2.56 bits per heavy atom. The number of methoxy groups -OCH3 is 1. The molecule has 18 nitrogen and oxygen atoms in total. The molecule has 2 aromatic rings. The minimum Gasteiger partial charge on any atom is -0.756 e. The zero-order valence-corrected chi connectivity index (χ0v) is 20.2. The number of ether oxygens (including phenoxy) is 3. The minimum atomic E-state index is -5.48. The van der Waals surface area contributed by atoms with Crippen molar-refractivity contribution in [3.63, 3.8) is 0 Å². The van der Waals surface area contributed by atoms with Crippen LogP contribution in [0.4, 0.5) is 5.82 Å². The fourth-order valence-electron chi connectivity index (χ4n) is 4.29. The summed E-state index contributed by atoms with van der Waals surface area (Å²) in [7, 11) is -9.46. The first kappa shape index (κ1) is 26.0. The molecule has 2 saturated heterocycles. The van der Waals surface area contributed by atoms with Crippen LogP contribution in [0.1, 0.15) is 12.5 Å². The molecule has 0 radical (unpaired) electrons. The van der Waals surface area contributed by atoms with Gasteiger partial charge in [0.05, 0.1) is 13.2 Å². The van der Waals surface area contributed by atoms with Crippen LogP contribution in [0.25, 0.3) is 11.2 Å². The number of nitrogens with zero attached hydrogens (tertiary/aromatic N) is 4. The summed E-state index contributed by atoms with van der Waals surface area (Å²) in [5, 5.41) is 31.5. The number of hydrogen-bond acceptors (Lipinski definition) is 15. The van der Waals surface area contributed by atoms with Gasteiger partial charge in [0.2, 0.25) is 18.2 Å². The Hall–Kier alpha value is -1.63. The summed E-state index contributed by atoms with van der Waals surface area (Å²) in [6.07, 6.45) is -8.18. The van der Waals surface area contributed by atoms with Gasteiger partial charge in [0.1, 0.15) is 43.0 Å². The van der Waals surface area contributed by atoms with Gasteiger partial charge in [0.25, 0.3) is 13.6 Å². The second kappa shape index (κ2) is 9.28. The Morgan fingerprint density at radius 2 is 1.83 bits per heavy atom. The number of nitrogen functional groups attached to an aromatic ring is 1. The van der Waals surface area contributed by atoms with E-state index in [1.165, 1.54) is 28.9 Å². The van der Waals surface area contributed by atoms with Crippen LogP contribution in [-0.4, -0.2) is 91.7 Å². The van der Waals surface area contributed by atoms with Crippen LogP contribution >= 0.6 is 15.6 Å². The third-order valence-electron chi connectivity index (χ3n) is 6.07. The molecule has 4 aliphatic heterocycles. The summed E-state index contributed by atoms with van der Waals surface area (Å²) < 4.78 is 57.0. The molecule has 10 atom stereocenters. The van der Waals surface area contributed by atoms with Crippen molar-refractivity contribution in [3.05, 3.63) is 12.7 Å². The van der Waals surface area contributed by atoms with Crippen molar-refractivity contribution in [1.29, 1.82) is 0 Å². The highest BCUT2D eigenvalue weighted by Gasteiger charge is 2.49. The van der Waals surface area contributed by atoms with E-state index in [9.17, 15) is 34.2 Å². The van der Waals surface area contributed by atoms with Crippen LogP contribution in [0.3, 0.4) is 0 Å². The summed E-state index contributed by atoms with van der Waals surface area (Å²) in [6, 6.07) is 0. The van der Waals surface area contributed by atoms with Gasteiger partial charge in [0, 0.05) is 7.11 Å². The maximum absolute atomic E-state index is 12.2. The van der Waals surface area contributed by atoms with Crippen molar-refractivity contribution in [2.24, 2.45) is 0 Å². The number of phosphoric acid groups is 2. The highest BCUT2D eigenvalue weighted by molar-refractivity contribution is 7.60.